The van der Waals surface area contributed by atoms with Gasteiger partial charge in [-0.05, 0) is 55.4 Å². The van der Waals surface area contributed by atoms with E-state index in [4.69, 9.17) is 14.5 Å². The number of carbonyl (C=O) groups is 4. The van der Waals surface area contributed by atoms with E-state index < -0.39 is 56.8 Å². The number of benzene rings is 3. The number of methoxy groups -OCH3 is 1. The van der Waals surface area contributed by atoms with Gasteiger partial charge in [-0.25, -0.2) is 18.1 Å². The van der Waals surface area contributed by atoms with Crippen LogP contribution in [0, 0.1) is 17.3 Å². The van der Waals surface area contributed by atoms with Crippen LogP contribution in [-0.4, -0.2) is 91.3 Å². The number of pyridine rings is 1. The summed E-state index contributed by atoms with van der Waals surface area (Å²) in [5.41, 5.74) is -0.147. The third kappa shape index (κ3) is 8.89. The SMILES string of the molecule is C=C[C@@H]1C[C@]1(NC(=O)[C@@H]1C[C@@H](Oc2cc(-c3ccccc3)nc3cc(OC)ccc23)CN1C(=O)C(CC(=O)N1CCCCC1)C(C)(C)C)C(=O)NS(=O)(=O)c1ccccc1. The van der Waals surface area contributed by atoms with Crippen LogP contribution in [0.5, 0.6) is 11.5 Å². The van der Waals surface area contributed by atoms with Crippen molar-refractivity contribution in [2.24, 2.45) is 17.3 Å². The highest BCUT2D eigenvalue weighted by Crippen LogP contribution is 2.46. The van der Waals surface area contributed by atoms with E-state index >= 15 is 0 Å². The molecule has 1 aliphatic carbocycles. The van der Waals surface area contributed by atoms with Crippen LogP contribution in [0.2, 0.25) is 0 Å². The van der Waals surface area contributed by atoms with Gasteiger partial charge in [-0.3, -0.25) is 19.2 Å². The van der Waals surface area contributed by atoms with Crippen LogP contribution in [0.15, 0.2) is 102 Å². The highest BCUT2D eigenvalue weighted by molar-refractivity contribution is 7.90. The van der Waals surface area contributed by atoms with Gasteiger partial charge in [0.25, 0.3) is 15.9 Å². The zero-order chi connectivity index (χ0) is 42.8. The fraction of sp³-hybridized carbons (Fsp3) is 0.413. The van der Waals surface area contributed by atoms with Crippen molar-refractivity contribution in [3.63, 3.8) is 0 Å². The van der Waals surface area contributed by atoms with E-state index in [2.05, 4.69) is 16.6 Å². The van der Waals surface area contributed by atoms with Gasteiger partial charge in [-0.1, -0.05) is 75.4 Å². The summed E-state index contributed by atoms with van der Waals surface area (Å²) in [7, 11) is -2.69. The van der Waals surface area contributed by atoms with E-state index in [-0.39, 0.29) is 42.5 Å². The van der Waals surface area contributed by atoms with E-state index in [9.17, 15) is 27.6 Å². The van der Waals surface area contributed by atoms with Gasteiger partial charge in [0.15, 0.2) is 0 Å². The quantitative estimate of drug-likeness (QED) is 0.156. The minimum atomic E-state index is -4.27. The normalized spacial score (nSPS) is 22.1. The molecule has 3 heterocycles. The van der Waals surface area contributed by atoms with Crippen molar-refractivity contribution in [1.29, 1.82) is 0 Å². The van der Waals surface area contributed by atoms with Gasteiger partial charge in [0.1, 0.15) is 29.2 Å². The van der Waals surface area contributed by atoms with Crippen molar-refractivity contribution >= 4 is 44.6 Å². The second-order valence-corrected chi connectivity index (χ2v) is 18.7. The average Bonchev–Trinajstić information content (AvgIpc) is 3.81. The van der Waals surface area contributed by atoms with E-state index in [1.165, 1.54) is 23.1 Å². The van der Waals surface area contributed by atoms with Gasteiger partial charge < -0.3 is 24.6 Å². The van der Waals surface area contributed by atoms with Gasteiger partial charge >= 0.3 is 0 Å². The van der Waals surface area contributed by atoms with Crippen LogP contribution in [0.3, 0.4) is 0 Å². The number of likely N-dealkylation sites (tertiary alicyclic amines) is 2. The molecule has 1 unspecified atom stereocenters. The molecule has 1 aromatic heterocycles. The lowest BCUT2D eigenvalue weighted by Crippen LogP contribution is -2.57. The summed E-state index contributed by atoms with van der Waals surface area (Å²) in [6.45, 7) is 10.8. The van der Waals surface area contributed by atoms with Gasteiger partial charge in [0, 0.05) is 54.9 Å². The monoisotopic (exact) mass is 835 g/mol. The summed E-state index contributed by atoms with van der Waals surface area (Å²) in [5.74, 6) is -2.28. The topological polar surface area (TPSA) is 164 Å². The lowest BCUT2D eigenvalue weighted by Gasteiger charge is -2.36. The first-order valence-corrected chi connectivity index (χ1v) is 22.0. The molecule has 2 N–H and O–H groups in total. The number of sulfonamides is 1. The number of fused-ring (bicyclic) bond motifs is 1. The van der Waals surface area contributed by atoms with E-state index in [1.807, 2.05) is 74.2 Å². The van der Waals surface area contributed by atoms with Crippen molar-refractivity contribution in [1.82, 2.24) is 24.8 Å². The molecule has 5 atom stereocenters. The first kappa shape index (κ1) is 42.4. The highest BCUT2D eigenvalue weighted by atomic mass is 32.2. The Morgan fingerprint density at radius 1 is 0.967 bits per heavy atom. The molecule has 2 saturated heterocycles. The molecule has 3 aromatic carbocycles. The largest absolute Gasteiger partial charge is 0.497 e. The second kappa shape index (κ2) is 17.1. The summed E-state index contributed by atoms with van der Waals surface area (Å²) in [6.07, 6.45) is 3.81. The molecular formula is C46H53N5O8S. The molecule has 3 aliphatic rings. The minimum absolute atomic E-state index is 0.00845. The lowest BCUT2D eigenvalue weighted by molar-refractivity contribution is -0.148. The number of hydrogen-bond acceptors (Lipinski definition) is 9. The molecule has 4 amide bonds. The van der Waals surface area contributed by atoms with Crippen molar-refractivity contribution in [2.45, 2.75) is 81.9 Å². The van der Waals surface area contributed by atoms with Crippen molar-refractivity contribution < 1.29 is 37.1 Å². The number of hydrogen-bond donors (Lipinski definition) is 2. The van der Waals surface area contributed by atoms with Crippen molar-refractivity contribution in [2.75, 3.05) is 26.7 Å². The third-order valence-electron chi connectivity index (χ3n) is 12.0. The van der Waals surface area contributed by atoms with Crippen LogP contribution >= 0.6 is 0 Å². The summed E-state index contributed by atoms with van der Waals surface area (Å²) >= 11 is 0. The number of piperidine rings is 1. The molecule has 2 aliphatic heterocycles. The molecule has 13 nitrogen and oxygen atoms in total. The smallest absolute Gasteiger partial charge is 0.264 e. The Bertz CT molecular complexity index is 2380. The van der Waals surface area contributed by atoms with Crippen LogP contribution in [-0.2, 0) is 29.2 Å². The van der Waals surface area contributed by atoms with E-state index in [1.54, 1.807) is 31.4 Å². The minimum Gasteiger partial charge on any atom is -0.497 e. The summed E-state index contributed by atoms with van der Waals surface area (Å²) in [4.78, 5) is 65.3. The molecule has 60 heavy (non-hydrogen) atoms. The maximum Gasteiger partial charge on any atom is 0.264 e. The Kier molecular flexibility index (Phi) is 12.1. The maximum absolute atomic E-state index is 14.9. The Labute approximate surface area is 351 Å². The lowest BCUT2D eigenvalue weighted by atomic mass is 9.77. The fourth-order valence-corrected chi connectivity index (χ4v) is 9.39. The molecule has 0 bridgehead atoms. The number of ether oxygens (including phenoxy) is 2. The highest BCUT2D eigenvalue weighted by Gasteiger charge is 2.61. The van der Waals surface area contributed by atoms with Crippen LogP contribution in [0.1, 0.15) is 59.3 Å². The maximum atomic E-state index is 14.9. The Hall–Kier alpha value is -5.76. The number of carbonyl (C=O) groups excluding carboxylic acids is 4. The molecule has 14 heteroatoms. The Morgan fingerprint density at radius 2 is 1.65 bits per heavy atom. The third-order valence-corrected chi connectivity index (χ3v) is 13.3. The number of nitrogens with one attached hydrogen (secondary N) is 2. The zero-order valence-electron chi connectivity index (χ0n) is 34.6. The summed E-state index contributed by atoms with van der Waals surface area (Å²) in [5, 5.41) is 3.56. The molecular weight excluding hydrogens is 783 g/mol. The van der Waals surface area contributed by atoms with Gasteiger partial charge in [-0.15, -0.1) is 6.58 Å². The van der Waals surface area contributed by atoms with Crippen LogP contribution in [0.25, 0.3) is 22.2 Å². The Balaban J connectivity index is 1.22. The molecule has 7 rings (SSSR count). The molecule has 3 fully saturated rings. The standard InChI is InChI=1S/C46H53N5O8S/c1-6-31-28-46(31,44(55)49-60(56,57)34-18-12-8-13-19-34)48-42(53)39-25-33(29-51(39)43(54)36(45(2,3)4)26-41(52)50-22-14-9-15-23-50)59-40-27-37(30-16-10-7-11-17-30)47-38-24-32(58-5)20-21-35(38)40/h6-8,10-13,16-21,24,27,31,33,36,39H,1,9,14-15,22-23,25-26,28-29H2,2-5H3,(H,48,53)(H,49,55)/t31-,33-,36?,39+,46-/m1/s1. The van der Waals surface area contributed by atoms with E-state index in [0.717, 1.165) is 24.8 Å². The van der Waals surface area contributed by atoms with Gasteiger partial charge in [-0.2, -0.15) is 0 Å². The molecule has 4 aromatic rings. The van der Waals surface area contributed by atoms with Gasteiger partial charge in [0.05, 0.1) is 35.7 Å². The summed E-state index contributed by atoms with van der Waals surface area (Å²) in [6, 6.07) is 23.3. The van der Waals surface area contributed by atoms with Crippen molar-refractivity contribution in [3.05, 3.63) is 97.6 Å². The van der Waals surface area contributed by atoms with E-state index in [0.29, 0.717) is 41.2 Å². The predicted octanol–water partition coefficient (Wildman–Crippen LogP) is 5.89. The summed E-state index contributed by atoms with van der Waals surface area (Å²) < 4.78 is 40.9. The van der Waals surface area contributed by atoms with Crippen LogP contribution in [0.4, 0.5) is 0 Å². The Morgan fingerprint density at radius 3 is 2.28 bits per heavy atom. The number of rotatable bonds is 13. The molecule has 1 saturated carbocycles. The zero-order valence-corrected chi connectivity index (χ0v) is 35.4. The first-order valence-electron chi connectivity index (χ1n) is 20.5. The van der Waals surface area contributed by atoms with Gasteiger partial charge in [0.2, 0.25) is 17.7 Å². The number of aromatic nitrogens is 1. The average molecular weight is 836 g/mol. The molecule has 316 valence electrons. The predicted molar refractivity (Wildman–Crippen MR) is 227 cm³/mol. The molecule has 0 radical (unpaired) electrons. The van der Waals surface area contributed by atoms with Crippen molar-refractivity contribution in [3.8, 4) is 22.8 Å². The number of amides is 4. The fourth-order valence-electron chi connectivity index (χ4n) is 8.33. The first-order chi connectivity index (χ1) is 28.6. The number of nitrogens with zero attached hydrogens (tertiary/aromatic N) is 3. The van der Waals surface area contributed by atoms with Crippen LogP contribution < -0.4 is 19.5 Å². The molecule has 0 spiro atoms. The second-order valence-electron chi connectivity index (χ2n) is 17.1.